The summed E-state index contributed by atoms with van der Waals surface area (Å²) >= 11 is 0. The number of carbonyl (C=O) groups excluding carboxylic acids is 1. The minimum absolute atomic E-state index is 0.193. The molecule has 1 fully saturated rings. The number of carboxylic acid groups (broad SMARTS) is 1. The van der Waals surface area contributed by atoms with Gasteiger partial charge in [-0.15, -0.1) is 0 Å². The van der Waals surface area contributed by atoms with E-state index in [0.29, 0.717) is 18.2 Å². The maximum absolute atomic E-state index is 13.3. The number of nitrogens with one attached hydrogen (secondary N) is 2. The number of aryl methyl sites for hydroxylation is 1. The van der Waals surface area contributed by atoms with Crippen LogP contribution in [0.5, 0.6) is 0 Å². The smallest absolute Gasteiger partial charge is 0.326 e. The fraction of sp³-hybridized carbons (Fsp3) is 0.533. The second-order valence-electron chi connectivity index (χ2n) is 10.7. The van der Waals surface area contributed by atoms with E-state index in [0.717, 1.165) is 40.8 Å². The summed E-state index contributed by atoms with van der Waals surface area (Å²) in [6.45, 7) is 4.87. The number of amides is 1. The molecule has 2 aromatic rings. The molecule has 38 heavy (non-hydrogen) atoms. The van der Waals surface area contributed by atoms with E-state index in [-0.39, 0.29) is 12.2 Å². The van der Waals surface area contributed by atoms with Gasteiger partial charge in [0.1, 0.15) is 15.9 Å². The minimum atomic E-state index is -3.36. The van der Waals surface area contributed by atoms with Crippen LogP contribution in [-0.4, -0.2) is 49.5 Å². The van der Waals surface area contributed by atoms with E-state index in [1.807, 2.05) is 43.3 Å². The summed E-state index contributed by atoms with van der Waals surface area (Å²) in [5, 5.41) is 15.8. The quantitative estimate of drug-likeness (QED) is 0.324. The number of rotatable bonds is 13. The maximum atomic E-state index is 13.3. The molecule has 1 saturated carbocycles. The molecule has 0 heterocycles. The predicted molar refractivity (Wildman–Crippen MR) is 152 cm³/mol. The molecule has 7 nitrogen and oxygen atoms in total. The standard InChI is InChI=1S/C30H42N2O5S/c1-4-24(18-22-11-6-5-7-12-22)31-20-23-14-15-26(27(19-23)25-13-9-8-10-21(25)2)29(33)32-28(30(34)35)16-17-38(3,36)37/h8-10,13-15,19,22,24,28,31H,4-7,11-12,16-18,20H2,1-3H3,(H,32,33)(H,34,35)/t24-,28+/m1/s1. The van der Waals surface area contributed by atoms with Crippen molar-refractivity contribution in [1.82, 2.24) is 10.6 Å². The third-order valence-electron chi connectivity index (χ3n) is 7.57. The zero-order chi connectivity index (χ0) is 27.7. The number of carbonyl (C=O) groups is 2. The van der Waals surface area contributed by atoms with E-state index in [4.69, 9.17) is 0 Å². The number of sulfone groups is 1. The van der Waals surface area contributed by atoms with Crippen LogP contribution in [0.4, 0.5) is 0 Å². The Hall–Kier alpha value is -2.71. The van der Waals surface area contributed by atoms with Crippen molar-refractivity contribution in [2.45, 2.75) is 83.8 Å². The van der Waals surface area contributed by atoms with Crippen molar-refractivity contribution in [1.29, 1.82) is 0 Å². The van der Waals surface area contributed by atoms with Crippen LogP contribution in [0.1, 0.15) is 79.8 Å². The van der Waals surface area contributed by atoms with Crippen molar-refractivity contribution >= 4 is 21.7 Å². The van der Waals surface area contributed by atoms with E-state index in [2.05, 4.69) is 17.6 Å². The predicted octanol–water partition coefficient (Wildman–Crippen LogP) is 5.12. The lowest BCUT2D eigenvalue weighted by atomic mass is 9.84. The highest BCUT2D eigenvalue weighted by molar-refractivity contribution is 7.90. The van der Waals surface area contributed by atoms with Crippen LogP contribution in [0, 0.1) is 12.8 Å². The van der Waals surface area contributed by atoms with Crippen LogP contribution in [0.2, 0.25) is 0 Å². The van der Waals surface area contributed by atoms with Crippen molar-refractivity contribution in [3.8, 4) is 11.1 Å². The average Bonchev–Trinajstić information content (AvgIpc) is 2.88. The number of aliphatic carboxylic acids is 1. The topological polar surface area (TPSA) is 113 Å². The van der Waals surface area contributed by atoms with E-state index < -0.39 is 27.8 Å². The van der Waals surface area contributed by atoms with Gasteiger partial charge in [0, 0.05) is 24.4 Å². The molecule has 2 atom stereocenters. The Labute approximate surface area is 227 Å². The van der Waals surface area contributed by atoms with Crippen LogP contribution in [0.3, 0.4) is 0 Å². The van der Waals surface area contributed by atoms with Gasteiger partial charge in [0.2, 0.25) is 0 Å². The van der Waals surface area contributed by atoms with Crippen LogP contribution >= 0.6 is 0 Å². The van der Waals surface area contributed by atoms with Crippen molar-refractivity contribution in [3.63, 3.8) is 0 Å². The maximum Gasteiger partial charge on any atom is 0.326 e. The number of hydrogen-bond acceptors (Lipinski definition) is 5. The highest BCUT2D eigenvalue weighted by Gasteiger charge is 2.24. The van der Waals surface area contributed by atoms with Gasteiger partial charge < -0.3 is 15.7 Å². The average molecular weight is 543 g/mol. The van der Waals surface area contributed by atoms with Gasteiger partial charge in [0.05, 0.1) is 5.75 Å². The second-order valence-corrected chi connectivity index (χ2v) is 13.0. The zero-order valence-corrected chi connectivity index (χ0v) is 23.6. The largest absolute Gasteiger partial charge is 0.480 e. The molecule has 0 spiro atoms. The molecule has 1 amide bonds. The Morgan fingerprint density at radius 3 is 2.39 bits per heavy atom. The molecule has 0 bridgehead atoms. The van der Waals surface area contributed by atoms with Gasteiger partial charge in [-0.1, -0.05) is 69.4 Å². The third kappa shape index (κ3) is 8.95. The summed E-state index contributed by atoms with van der Waals surface area (Å²) < 4.78 is 23.1. The molecule has 0 saturated heterocycles. The third-order valence-corrected chi connectivity index (χ3v) is 8.55. The van der Waals surface area contributed by atoms with Crippen LogP contribution in [-0.2, 0) is 21.2 Å². The highest BCUT2D eigenvalue weighted by atomic mass is 32.2. The van der Waals surface area contributed by atoms with Crippen molar-refractivity contribution in [2.24, 2.45) is 5.92 Å². The SMILES string of the molecule is CC[C@H](CC1CCCCC1)NCc1ccc(C(=O)N[C@@H](CCS(C)(=O)=O)C(=O)O)c(-c2ccccc2C)c1. The number of hydrogen-bond donors (Lipinski definition) is 3. The Balaban J connectivity index is 1.82. The summed E-state index contributed by atoms with van der Waals surface area (Å²) in [5.74, 6) is -1.32. The van der Waals surface area contributed by atoms with E-state index >= 15 is 0 Å². The van der Waals surface area contributed by atoms with Crippen molar-refractivity contribution < 1.29 is 23.1 Å². The van der Waals surface area contributed by atoms with Crippen LogP contribution < -0.4 is 10.6 Å². The fourth-order valence-electron chi connectivity index (χ4n) is 5.30. The normalized spacial score (nSPS) is 16.1. The second kappa shape index (κ2) is 13.9. The molecule has 2 aromatic carbocycles. The molecule has 3 N–H and O–H groups in total. The van der Waals surface area contributed by atoms with Crippen molar-refractivity contribution in [2.75, 3.05) is 12.0 Å². The molecule has 8 heteroatoms. The molecular formula is C30H42N2O5S. The summed E-state index contributed by atoms with van der Waals surface area (Å²) in [6, 6.07) is 12.6. The van der Waals surface area contributed by atoms with Crippen LogP contribution in [0.25, 0.3) is 11.1 Å². The molecular weight excluding hydrogens is 500 g/mol. The Bertz CT molecular complexity index is 1200. The summed E-state index contributed by atoms with van der Waals surface area (Å²) in [4.78, 5) is 25.0. The molecule has 0 radical (unpaired) electrons. The van der Waals surface area contributed by atoms with Gasteiger partial charge in [-0.25, -0.2) is 13.2 Å². The highest BCUT2D eigenvalue weighted by Crippen LogP contribution is 2.30. The van der Waals surface area contributed by atoms with Gasteiger partial charge in [-0.05, 0) is 66.5 Å². The zero-order valence-electron chi connectivity index (χ0n) is 22.8. The van der Waals surface area contributed by atoms with E-state index in [1.54, 1.807) is 6.07 Å². The fourth-order valence-corrected chi connectivity index (χ4v) is 5.97. The molecule has 0 aromatic heterocycles. The first-order valence-corrected chi connectivity index (χ1v) is 15.8. The molecule has 208 valence electrons. The number of carboxylic acids is 1. The van der Waals surface area contributed by atoms with Gasteiger partial charge >= 0.3 is 5.97 Å². The lowest BCUT2D eigenvalue weighted by Gasteiger charge is -2.27. The number of benzene rings is 2. The summed E-state index contributed by atoms with van der Waals surface area (Å²) in [6.07, 6.45) is 9.77. The van der Waals surface area contributed by atoms with Crippen LogP contribution in [0.15, 0.2) is 42.5 Å². The lowest BCUT2D eigenvalue weighted by Crippen LogP contribution is -2.42. The summed E-state index contributed by atoms with van der Waals surface area (Å²) in [7, 11) is -3.36. The first kappa shape index (κ1) is 29.8. The van der Waals surface area contributed by atoms with Gasteiger partial charge in [-0.3, -0.25) is 4.79 Å². The van der Waals surface area contributed by atoms with Gasteiger partial charge in [0.15, 0.2) is 0 Å². The van der Waals surface area contributed by atoms with Gasteiger partial charge in [-0.2, -0.15) is 0 Å². The molecule has 1 aliphatic rings. The van der Waals surface area contributed by atoms with E-state index in [9.17, 15) is 23.1 Å². The monoisotopic (exact) mass is 542 g/mol. The molecule has 0 aliphatic heterocycles. The molecule has 1 aliphatic carbocycles. The Morgan fingerprint density at radius 2 is 1.76 bits per heavy atom. The van der Waals surface area contributed by atoms with Gasteiger partial charge in [0.25, 0.3) is 5.91 Å². The molecule has 0 unspecified atom stereocenters. The Morgan fingerprint density at radius 1 is 1.05 bits per heavy atom. The summed E-state index contributed by atoms with van der Waals surface area (Å²) in [5.41, 5.74) is 4.04. The first-order valence-electron chi connectivity index (χ1n) is 13.7. The first-order chi connectivity index (χ1) is 18.1. The minimum Gasteiger partial charge on any atom is -0.480 e. The van der Waals surface area contributed by atoms with Crippen molar-refractivity contribution in [3.05, 3.63) is 59.2 Å². The van der Waals surface area contributed by atoms with E-state index in [1.165, 1.54) is 38.5 Å². The lowest BCUT2D eigenvalue weighted by molar-refractivity contribution is -0.139. The molecule has 3 rings (SSSR count). The Kier molecular flexibility index (Phi) is 10.9.